The fourth-order valence-electron chi connectivity index (χ4n) is 2.54. The molecule has 0 radical (unpaired) electrons. The van der Waals surface area contributed by atoms with E-state index in [9.17, 15) is 19.5 Å². The number of nitrogens with zero attached hydrogens (tertiary/aromatic N) is 1. The van der Waals surface area contributed by atoms with E-state index in [0.717, 1.165) is 12.8 Å². The van der Waals surface area contributed by atoms with Crippen LogP contribution in [0, 0.1) is 0 Å². The van der Waals surface area contributed by atoms with E-state index in [4.69, 9.17) is 0 Å². The third-order valence-corrected chi connectivity index (χ3v) is 4.05. The number of imidazole rings is 1. The van der Waals surface area contributed by atoms with Crippen molar-refractivity contribution >= 4 is 17.9 Å². The van der Waals surface area contributed by atoms with Gasteiger partial charge in [0.1, 0.15) is 6.04 Å². The standard InChI is InChI=1S/C18H31N5O4/c1-2-3-4-5-6-7-9-20-18(27)21-10-8-16(24)23-15(17(25)26)11-14-12-19-13-22-14/h12-13,15H,2-11H2,1H3,(H,19,22)(H,23,24)(H,25,26)(H2,20,21,27)/t15-/m0/s1. The van der Waals surface area contributed by atoms with Gasteiger partial charge in [0, 0.05) is 32.1 Å². The molecular formula is C18H31N5O4. The minimum atomic E-state index is -1.13. The number of rotatable bonds is 14. The lowest BCUT2D eigenvalue weighted by Gasteiger charge is -2.13. The van der Waals surface area contributed by atoms with Crippen molar-refractivity contribution in [3.05, 3.63) is 18.2 Å². The van der Waals surface area contributed by atoms with Crippen molar-refractivity contribution in [2.45, 2.75) is 64.3 Å². The molecule has 0 spiro atoms. The van der Waals surface area contributed by atoms with E-state index in [1.54, 1.807) is 6.20 Å². The molecule has 5 N–H and O–H groups in total. The summed E-state index contributed by atoms with van der Waals surface area (Å²) in [4.78, 5) is 41.4. The van der Waals surface area contributed by atoms with Gasteiger partial charge >= 0.3 is 12.0 Å². The Morgan fingerprint density at radius 2 is 1.81 bits per heavy atom. The molecule has 1 heterocycles. The summed E-state index contributed by atoms with van der Waals surface area (Å²) in [7, 11) is 0. The predicted molar refractivity (Wildman–Crippen MR) is 101 cm³/mol. The number of carbonyl (C=O) groups is 3. The number of hydrogen-bond donors (Lipinski definition) is 5. The number of nitrogens with one attached hydrogen (secondary N) is 4. The third-order valence-electron chi connectivity index (χ3n) is 4.05. The monoisotopic (exact) mass is 381 g/mol. The Morgan fingerprint density at radius 3 is 2.48 bits per heavy atom. The van der Waals surface area contributed by atoms with Crippen LogP contribution < -0.4 is 16.0 Å². The Morgan fingerprint density at radius 1 is 1.11 bits per heavy atom. The number of aromatic nitrogens is 2. The second-order valence-electron chi connectivity index (χ2n) is 6.42. The van der Waals surface area contributed by atoms with Gasteiger partial charge in [-0.2, -0.15) is 0 Å². The van der Waals surface area contributed by atoms with Gasteiger partial charge in [-0.3, -0.25) is 4.79 Å². The molecule has 3 amide bonds. The average Bonchev–Trinajstić information content (AvgIpc) is 3.13. The molecule has 0 aromatic carbocycles. The molecule has 0 saturated heterocycles. The average molecular weight is 381 g/mol. The lowest BCUT2D eigenvalue weighted by molar-refractivity contribution is -0.141. The van der Waals surface area contributed by atoms with Gasteiger partial charge in [0.15, 0.2) is 0 Å². The number of carbonyl (C=O) groups excluding carboxylic acids is 2. The molecule has 0 saturated carbocycles. The first-order valence-electron chi connectivity index (χ1n) is 9.54. The molecule has 1 rings (SSSR count). The summed E-state index contributed by atoms with van der Waals surface area (Å²) in [6, 6.07) is -1.37. The number of unbranched alkanes of at least 4 members (excludes halogenated alkanes) is 5. The van der Waals surface area contributed by atoms with E-state index >= 15 is 0 Å². The highest BCUT2D eigenvalue weighted by molar-refractivity contribution is 5.84. The maximum atomic E-state index is 11.9. The highest BCUT2D eigenvalue weighted by Crippen LogP contribution is 2.04. The maximum Gasteiger partial charge on any atom is 0.326 e. The van der Waals surface area contributed by atoms with Crippen LogP contribution >= 0.6 is 0 Å². The van der Waals surface area contributed by atoms with Crippen LogP contribution in [-0.4, -0.2) is 52.1 Å². The topological polar surface area (TPSA) is 136 Å². The quantitative estimate of drug-likeness (QED) is 0.312. The van der Waals surface area contributed by atoms with Gasteiger partial charge in [-0.1, -0.05) is 39.0 Å². The van der Waals surface area contributed by atoms with Gasteiger partial charge in [-0.25, -0.2) is 14.6 Å². The number of amides is 3. The minimum absolute atomic E-state index is 0.00871. The van der Waals surface area contributed by atoms with Gasteiger partial charge in [-0.05, 0) is 6.42 Å². The number of urea groups is 1. The van der Waals surface area contributed by atoms with Crippen molar-refractivity contribution < 1.29 is 19.5 Å². The normalized spacial score (nSPS) is 11.6. The lowest BCUT2D eigenvalue weighted by Crippen LogP contribution is -2.44. The maximum absolute atomic E-state index is 11.9. The van der Waals surface area contributed by atoms with E-state index in [2.05, 4.69) is 32.8 Å². The fourth-order valence-corrected chi connectivity index (χ4v) is 2.54. The van der Waals surface area contributed by atoms with Crippen LogP contribution in [0.5, 0.6) is 0 Å². The Bertz CT molecular complexity index is 562. The fraction of sp³-hybridized carbons (Fsp3) is 0.667. The van der Waals surface area contributed by atoms with E-state index in [0.29, 0.717) is 12.2 Å². The first kappa shape index (κ1) is 22.5. The van der Waals surface area contributed by atoms with Crippen molar-refractivity contribution in [3.8, 4) is 0 Å². The molecule has 9 heteroatoms. The van der Waals surface area contributed by atoms with Crippen LogP contribution in [-0.2, 0) is 16.0 Å². The molecule has 0 aliphatic carbocycles. The number of carboxylic acid groups (broad SMARTS) is 1. The van der Waals surface area contributed by atoms with Crippen LogP contribution in [0.4, 0.5) is 4.79 Å². The van der Waals surface area contributed by atoms with Crippen molar-refractivity contribution in [2.24, 2.45) is 0 Å². The first-order valence-corrected chi connectivity index (χ1v) is 9.54. The molecule has 1 atom stereocenters. The van der Waals surface area contributed by atoms with Gasteiger partial charge in [0.25, 0.3) is 0 Å². The minimum Gasteiger partial charge on any atom is -0.480 e. The molecule has 0 aliphatic rings. The van der Waals surface area contributed by atoms with E-state index in [-0.39, 0.29) is 25.4 Å². The summed E-state index contributed by atoms with van der Waals surface area (Å²) < 4.78 is 0. The summed E-state index contributed by atoms with van der Waals surface area (Å²) in [6.07, 6.45) is 10.0. The smallest absolute Gasteiger partial charge is 0.326 e. The van der Waals surface area contributed by atoms with Crippen LogP contribution in [0.25, 0.3) is 0 Å². The predicted octanol–water partition coefficient (Wildman–Crippen LogP) is 1.57. The van der Waals surface area contributed by atoms with Crippen molar-refractivity contribution in [1.82, 2.24) is 25.9 Å². The summed E-state index contributed by atoms with van der Waals surface area (Å²) in [6.45, 7) is 2.92. The summed E-state index contributed by atoms with van der Waals surface area (Å²) in [5.74, 6) is -1.56. The zero-order chi connectivity index (χ0) is 19.9. The summed E-state index contributed by atoms with van der Waals surface area (Å²) >= 11 is 0. The number of aliphatic carboxylic acids is 1. The van der Waals surface area contributed by atoms with Crippen molar-refractivity contribution in [2.75, 3.05) is 13.1 Å². The zero-order valence-corrected chi connectivity index (χ0v) is 15.9. The Labute approximate surface area is 159 Å². The lowest BCUT2D eigenvalue weighted by atomic mass is 10.1. The van der Waals surface area contributed by atoms with Gasteiger partial charge < -0.3 is 26.0 Å². The van der Waals surface area contributed by atoms with Crippen LogP contribution in [0.15, 0.2) is 12.5 Å². The van der Waals surface area contributed by atoms with Crippen molar-refractivity contribution in [3.63, 3.8) is 0 Å². The highest BCUT2D eigenvalue weighted by atomic mass is 16.4. The molecule has 0 unspecified atom stereocenters. The second kappa shape index (κ2) is 13.6. The number of aromatic amines is 1. The highest BCUT2D eigenvalue weighted by Gasteiger charge is 2.21. The van der Waals surface area contributed by atoms with Crippen LogP contribution in [0.2, 0.25) is 0 Å². The Balaban J connectivity index is 2.12. The molecule has 9 nitrogen and oxygen atoms in total. The molecule has 0 fully saturated rings. The molecule has 1 aromatic rings. The molecule has 0 bridgehead atoms. The van der Waals surface area contributed by atoms with Gasteiger partial charge in [0.2, 0.25) is 5.91 Å². The van der Waals surface area contributed by atoms with Crippen LogP contribution in [0.1, 0.15) is 57.6 Å². The second-order valence-corrected chi connectivity index (χ2v) is 6.42. The summed E-state index contributed by atoms with van der Waals surface area (Å²) in [5.41, 5.74) is 0.551. The van der Waals surface area contributed by atoms with Crippen molar-refractivity contribution in [1.29, 1.82) is 0 Å². The van der Waals surface area contributed by atoms with Gasteiger partial charge in [0.05, 0.1) is 12.0 Å². The Kier molecular flexibility index (Phi) is 11.3. The molecule has 0 aliphatic heterocycles. The van der Waals surface area contributed by atoms with Gasteiger partial charge in [-0.15, -0.1) is 0 Å². The first-order chi connectivity index (χ1) is 13.0. The largest absolute Gasteiger partial charge is 0.480 e. The molecule has 27 heavy (non-hydrogen) atoms. The third kappa shape index (κ3) is 10.9. The molecule has 1 aromatic heterocycles. The SMILES string of the molecule is CCCCCCCCNC(=O)NCCC(=O)N[C@@H](Cc1c[nH]cn1)C(=O)O. The molecular weight excluding hydrogens is 350 g/mol. The van der Waals surface area contributed by atoms with E-state index in [1.165, 1.54) is 32.0 Å². The summed E-state index contributed by atoms with van der Waals surface area (Å²) in [5, 5.41) is 17.0. The number of hydrogen-bond acceptors (Lipinski definition) is 4. The van der Waals surface area contributed by atoms with Crippen LogP contribution in [0.3, 0.4) is 0 Å². The molecule has 152 valence electrons. The zero-order valence-electron chi connectivity index (χ0n) is 15.9. The van der Waals surface area contributed by atoms with E-state index < -0.39 is 17.9 Å². The Hall–Kier alpha value is -2.58. The number of H-pyrrole nitrogens is 1. The van der Waals surface area contributed by atoms with E-state index in [1.807, 2.05) is 0 Å². The number of carboxylic acids is 1.